The maximum absolute atomic E-state index is 11.7. The normalized spacial score (nSPS) is 27.7. The van der Waals surface area contributed by atoms with E-state index >= 15 is 0 Å². The Morgan fingerprint density at radius 3 is 2.42 bits per heavy atom. The van der Waals surface area contributed by atoms with Crippen LogP contribution in [0, 0.1) is 5.92 Å². The standard InChI is InChI=1S/C9H16N2O/c1-7-5-11(6-7)8(12)9(10)3-2-4-9/h7H,2-6,10H2,1H3. The Labute approximate surface area is 72.9 Å². The van der Waals surface area contributed by atoms with E-state index in [1.807, 2.05) is 4.90 Å². The van der Waals surface area contributed by atoms with Crippen LogP contribution in [0.3, 0.4) is 0 Å². The Balaban J connectivity index is 1.92. The molecule has 1 aliphatic heterocycles. The summed E-state index contributed by atoms with van der Waals surface area (Å²) in [6, 6.07) is 0. The molecular formula is C9H16N2O. The summed E-state index contributed by atoms with van der Waals surface area (Å²) in [5.74, 6) is 0.865. The number of nitrogens with zero attached hydrogens (tertiary/aromatic N) is 1. The highest BCUT2D eigenvalue weighted by molar-refractivity contribution is 5.87. The summed E-state index contributed by atoms with van der Waals surface area (Å²) in [5, 5.41) is 0. The van der Waals surface area contributed by atoms with Crippen molar-refractivity contribution in [3.05, 3.63) is 0 Å². The van der Waals surface area contributed by atoms with Crippen molar-refractivity contribution in [2.24, 2.45) is 11.7 Å². The molecule has 2 aliphatic rings. The van der Waals surface area contributed by atoms with Gasteiger partial charge in [-0.05, 0) is 25.2 Å². The van der Waals surface area contributed by atoms with Gasteiger partial charge in [-0.3, -0.25) is 4.79 Å². The summed E-state index contributed by atoms with van der Waals surface area (Å²) in [5.41, 5.74) is 5.44. The second-order valence-corrected chi connectivity index (χ2v) is 4.32. The molecule has 0 aromatic heterocycles. The third kappa shape index (κ3) is 1.04. The first-order valence-electron chi connectivity index (χ1n) is 4.70. The second kappa shape index (κ2) is 2.46. The second-order valence-electron chi connectivity index (χ2n) is 4.32. The highest BCUT2D eigenvalue weighted by Crippen LogP contribution is 2.32. The molecule has 1 aliphatic carbocycles. The maximum Gasteiger partial charge on any atom is 0.242 e. The molecule has 0 atom stereocenters. The number of nitrogens with two attached hydrogens (primary N) is 1. The van der Waals surface area contributed by atoms with Crippen LogP contribution in [-0.4, -0.2) is 29.4 Å². The molecule has 3 nitrogen and oxygen atoms in total. The van der Waals surface area contributed by atoms with E-state index in [9.17, 15) is 4.79 Å². The fraction of sp³-hybridized carbons (Fsp3) is 0.889. The smallest absolute Gasteiger partial charge is 0.242 e. The van der Waals surface area contributed by atoms with E-state index in [2.05, 4.69) is 6.92 Å². The fourth-order valence-corrected chi connectivity index (χ4v) is 1.95. The zero-order chi connectivity index (χ0) is 8.77. The molecule has 0 radical (unpaired) electrons. The van der Waals surface area contributed by atoms with Crippen LogP contribution in [0.5, 0.6) is 0 Å². The van der Waals surface area contributed by atoms with E-state index in [1.54, 1.807) is 0 Å². The van der Waals surface area contributed by atoms with E-state index in [1.165, 1.54) is 0 Å². The van der Waals surface area contributed by atoms with Gasteiger partial charge in [0.25, 0.3) is 0 Å². The molecule has 0 aromatic carbocycles. The molecule has 2 N–H and O–H groups in total. The van der Waals surface area contributed by atoms with Crippen LogP contribution in [0.2, 0.25) is 0 Å². The molecule has 12 heavy (non-hydrogen) atoms. The lowest BCUT2D eigenvalue weighted by Crippen LogP contribution is -2.63. The van der Waals surface area contributed by atoms with E-state index in [-0.39, 0.29) is 5.91 Å². The van der Waals surface area contributed by atoms with Gasteiger partial charge in [-0.25, -0.2) is 0 Å². The van der Waals surface area contributed by atoms with Crippen LogP contribution in [0.1, 0.15) is 26.2 Å². The SMILES string of the molecule is CC1CN(C(=O)C2(N)CCC2)C1. The lowest BCUT2D eigenvalue weighted by atomic mass is 9.76. The summed E-state index contributed by atoms with van der Waals surface area (Å²) in [6.07, 6.45) is 2.89. The fourth-order valence-electron chi connectivity index (χ4n) is 1.95. The Hall–Kier alpha value is -0.570. The largest absolute Gasteiger partial charge is 0.340 e. The molecule has 1 saturated carbocycles. The Bertz CT molecular complexity index is 205. The van der Waals surface area contributed by atoms with Crippen molar-refractivity contribution in [3.63, 3.8) is 0 Å². The first-order chi connectivity index (χ1) is 5.62. The van der Waals surface area contributed by atoms with E-state index in [0.29, 0.717) is 5.92 Å². The molecule has 1 saturated heterocycles. The number of amides is 1. The van der Waals surface area contributed by atoms with Crippen LogP contribution >= 0.6 is 0 Å². The number of rotatable bonds is 1. The van der Waals surface area contributed by atoms with Crippen molar-refractivity contribution < 1.29 is 4.79 Å². The van der Waals surface area contributed by atoms with Crippen molar-refractivity contribution >= 4 is 5.91 Å². The van der Waals surface area contributed by atoms with Gasteiger partial charge in [0, 0.05) is 13.1 Å². The van der Waals surface area contributed by atoms with Gasteiger partial charge in [-0.1, -0.05) is 6.92 Å². The number of likely N-dealkylation sites (tertiary alicyclic amines) is 1. The summed E-state index contributed by atoms with van der Waals surface area (Å²) >= 11 is 0. The van der Waals surface area contributed by atoms with Crippen LogP contribution < -0.4 is 5.73 Å². The summed E-state index contributed by atoms with van der Waals surface area (Å²) < 4.78 is 0. The van der Waals surface area contributed by atoms with Gasteiger partial charge in [-0.15, -0.1) is 0 Å². The highest BCUT2D eigenvalue weighted by atomic mass is 16.2. The molecule has 0 aromatic rings. The maximum atomic E-state index is 11.7. The van der Waals surface area contributed by atoms with Crippen LogP contribution in [0.15, 0.2) is 0 Å². The molecule has 68 valence electrons. The third-order valence-corrected chi connectivity index (χ3v) is 3.02. The zero-order valence-corrected chi connectivity index (χ0v) is 7.55. The van der Waals surface area contributed by atoms with Crippen LogP contribution in [0.25, 0.3) is 0 Å². The monoisotopic (exact) mass is 168 g/mol. The Morgan fingerprint density at radius 2 is 2.08 bits per heavy atom. The molecule has 2 rings (SSSR count). The highest BCUT2D eigenvalue weighted by Gasteiger charge is 2.44. The summed E-state index contributed by atoms with van der Waals surface area (Å²) in [4.78, 5) is 13.6. The molecular weight excluding hydrogens is 152 g/mol. The molecule has 3 heteroatoms. The summed E-state index contributed by atoms with van der Waals surface area (Å²) in [6.45, 7) is 3.99. The minimum Gasteiger partial charge on any atom is -0.340 e. The van der Waals surface area contributed by atoms with Gasteiger partial charge < -0.3 is 10.6 Å². The Kier molecular flexibility index (Phi) is 1.65. The van der Waals surface area contributed by atoms with Crippen LogP contribution in [0.4, 0.5) is 0 Å². The third-order valence-electron chi connectivity index (χ3n) is 3.02. The average Bonchev–Trinajstić information content (AvgIpc) is 1.93. The molecule has 0 bridgehead atoms. The first-order valence-corrected chi connectivity index (χ1v) is 4.70. The molecule has 0 unspecified atom stereocenters. The molecule has 0 spiro atoms. The number of hydrogen-bond acceptors (Lipinski definition) is 2. The van der Waals surface area contributed by atoms with Gasteiger partial charge >= 0.3 is 0 Å². The number of carbonyl (C=O) groups is 1. The topological polar surface area (TPSA) is 46.3 Å². The molecule has 2 fully saturated rings. The number of carbonyl (C=O) groups excluding carboxylic acids is 1. The predicted molar refractivity (Wildman–Crippen MR) is 46.5 cm³/mol. The van der Waals surface area contributed by atoms with Crippen molar-refractivity contribution in [2.45, 2.75) is 31.7 Å². The number of hydrogen-bond donors (Lipinski definition) is 1. The lowest BCUT2D eigenvalue weighted by Gasteiger charge is -2.46. The lowest BCUT2D eigenvalue weighted by molar-refractivity contribution is -0.146. The summed E-state index contributed by atoms with van der Waals surface area (Å²) in [7, 11) is 0. The molecule has 1 amide bonds. The van der Waals surface area contributed by atoms with E-state index in [4.69, 9.17) is 5.73 Å². The average molecular weight is 168 g/mol. The minimum absolute atomic E-state index is 0.187. The van der Waals surface area contributed by atoms with Gasteiger partial charge in [-0.2, -0.15) is 0 Å². The van der Waals surface area contributed by atoms with Crippen LogP contribution in [-0.2, 0) is 4.79 Å². The minimum atomic E-state index is -0.472. The van der Waals surface area contributed by atoms with Crippen molar-refractivity contribution in [2.75, 3.05) is 13.1 Å². The van der Waals surface area contributed by atoms with Gasteiger partial charge in [0.05, 0.1) is 5.54 Å². The van der Waals surface area contributed by atoms with Gasteiger partial charge in [0.1, 0.15) is 0 Å². The molecule has 1 heterocycles. The first kappa shape index (κ1) is 8.05. The van der Waals surface area contributed by atoms with E-state index in [0.717, 1.165) is 32.4 Å². The predicted octanol–water partition coefficient (Wildman–Crippen LogP) is 0.346. The Morgan fingerprint density at radius 1 is 1.50 bits per heavy atom. The van der Waals surface area contributed by atoms with Gasteiger partial charge in [0.15, 0.2) is 0 Å². The van der Waals surface area contributed by atoms with Crippen molar-refractivity contribution in [1.82, 2.24) is 4.90 Å². The van der Waals surface area contributed by atoms with Crippen molar-refractivity contribution in [3.8, 4) is 0 Å². The van der Waals surface area contributed by atoms with E-state index < -0.39 is 5.54 Å². The quantitative estimate of drug-likeness (QED) is 0.614. The van der Waals surface area contributed by atoms with Gasteiger partial charge in [0.2, 0.25) is 5.91 Å². The zero-order valence-electron chi connectivity index (χ0n) is 7.55. The van der Waals surface area contributed by atoms with Crippen molar-refractivity contribution in [1.29, 1.82) is 0 Å².